The molecule has 19 heavy (non-hydrogen) atoms. The van der Waals surface area contributed by atoms with Crippen LogP contribution in [0.5, 0.6) is 0 Å². The number of amides is 1. The summed E-state index contributed by atoms with van der Waals surface area (Å²) in [6.45, 7) is 4.16. The molecule has 0 aliphatic heterocycles. The van der Waals surface area contributed by atoms with Gasteiger partial charge in [0, 0.05) is 10.8 Å². The molecular weight excluding hydrogens is 256 g/mol. The molecule has 1 aliphatic carbocycles. The van der Waals surface area contributed by atoms with Gasteiger partial charge < -0.3 is 11.1 Å². The van der Waals surface area contributed by atoms with E-state index in [2.05, 4.69) is 12.2 Å². The Balaban J connectivity index is 2.03. The molecule has 0 saturated heterocycles. The number of benzene rings is 1. The highest BCUT2D eigenvalue weighted by atomic mass is 32.2. The molecule has 2 rings (SSSR count). The Hall–Kier alpha value is -1.16. The summed E-state index contributed by atoms with van der Waals surface area (Å²) in [6, 6.07) is 5.86. The number of thioether (sulfide) groups is 1. The maximum absolute atomic E-state index is 12.1. The summed E-state index contributed by atoms with van der Waals surface area (Å²) in [4.78, 5) is 13.3. The van der Waals surface area contributed by atoms with Crippen molar-refractivity contribution in [1.82, 2.24) is 0 Å². The van der Waals surface area contributed by atoms with Gasteiger partial charge in [0.2, 0.25) is 5.91 Å². The first-order valence-corrected chi connectivity index (χ1v) is 7.93. The Morgan fingerprint density at radius 1 is 1.53 bits per heavy atom. The molecule has 1 aliphatic rings. The average molecular weight is 278 g/mol. The fraction of sp³-hybridized carbons (Fsp3) is 0.533. The van der Waals surface area contributed by atoms with Gasteiger partial charge in [0.1, 0.15) is 0 Å². The van der Waals surface area contributed by atoms with Crippen molar-refractivity contribution in [3.63, 3.8) is 0 Å². The van der Waals surface area contributed by atoms with E-state index < -0.39 is 0 Å². The molecule has 3 nitrogen and oxygen atoms in total. The molecule has 1 atom stereocenters. The van der Waals surface area contributed by atoms with E-state index in [0.29, 0.717) is 11.6 Å². The SMILES string of the molecule is CCCSc1ccc(N)c(NC(=O)C(C)C2CC2)c1. The lowest BCUT2D eigenvalue weighted by molar-refractivity contribution is -0.119. The molecule has 1 fully saturated rings. The number of nitrogen functional groups attached to an aromatic ring is 1. The molecule has 0 bridgehead atoms. The Morgan fingerprint density at radius 2 is 2.26 bits per heavy atom. The van der Waals surface area contributed by atoms with Crippen LogP contribution in [0.4, 0.5) is 11.4 Å². The van der Waals surface area contributed by atoms with Gasteiger partial charge in [-0.2, -0.15) is 0 Å². The number of carbonyl (C=O) groups excluding carboxylic acids is 1. The lowest BCUT2D eigenvalue weighted by Gasteiger charge is -2.13. The van der Waals surface area contributed by atoms with Gasteiger partial charge in [-0.3, -0.25) is 4.79 Å². The molecule has 0 heterocycles. The minimum Gasteiger partial charge on any atom is -0.397 e. The fourth-order valence-corrected chi connectivity index (χ4v) is 2.82. The molecular formula is C15H22N2OS. The average Bonchev–Trinajstić information content (AvgIpc) is 3.23. The monoisotopic (exact) mass is 278 g/mol. The summed E-state index contributed by atoms with van der Waals surface area (Å²) in [5, 5.41) is 2.97. The molecule has 1 aromatic rings. The lowest BCUT2D eigenvalue weighted by atomic mass is 10.1. The third kappa shape index (κ3) is 3.90. The van der Waals surface area contributed by atoms with Gasteiger partial charge in [0.05, 0.1) is 11.4 Å². The Kier molecular flexibility index (Phi) is 4.75. The van der Waals surface area contributed by atoms with Gasteiger partial charge in [0.15, 0.2) is 0 Å². The number of hydrogen-bond donors (Lipinski definition) is 2. The van der Waals surface area contributed by atoms with Crippen molar-refractivity contribution in [2.75, 3.05) is 16.8 Å². The fourth-order valence-electron chi connectivity index (χ4n) is 2.01. The van der Waals surface area contributed by atoms with Crippen molar-refractivity contribution in [2.24, 2.45) is 11.8 Å². The van der Waals surface area contributed by atoms with E-state index in [1.165, 1.54) is 12.8 Å². The van der Waals surface area contributed by atoms with Crippen molar-refractivity contribution in [3.05, 3.63) is 18.2 Å². The molecule has 3 N–H and O–H groups in total. The van der Waals surface area contributed by atoms with E-state index in [-0.39, 0.29) is 11.8 Å². The first-order chi connectivity index (χ1) is 9.11. The minimum absolute atomic E-state index is 0.0892. The molecule has 1 saturated carbocycles. The smallest absolute Gasteiger partial charge is 0.227 e. The van der Waals surface area contributed by atoms with Crippen LogP contribution in [0.1, 0.15) is 33.1 Å². The van der Waals surface area contributed by atoms with E-state index in [9.17, 15) is 4.79 Å². The van der Waals surface area contributed by atoms with Crippen LogP contribution in [-0.2, 0) is 4.79 Å². The van der Waals surface area contributed by atoms with Crippen LogP contribution in [0.2, 0.25) is 0 Å². The molecule has 0 spiro atoms. The zero-order valence-corrected chi connectivity index (χ0v) is 12.4. The highest BCUT2D eigenvalue weighted by Gasteiger charge is 2.32. The highest BCUT2D eigenvalue weighted by Crippen LogP contribution is 2.37. The molecule has 1 amide bonds. The molecule has 104 valence electrons. The number of nitrogens with two attached hydrogens (primary N) is 1. The Bertz CT molecular complexity index is 457. The predicted molar refractivity (Wildman–Crippen MR) is 82.4 cm³/mol. The first kappa shape index (κ1) is 14.3. The summed E-state index contributed by atoms with van der Waals surface area (Å²) in [5.41, 5.74) is 7.32. The second-order valence-electron chi connectivity index (χ2n) is 5.21. The van der Waals surface area contributed by atoms with Crippen LogP contribution >= 0.6 is 11.8 Å². The van der Waals surface area contributed by atoms with Gasteiger partial charge in [-0.25, -0.2) is 0 Å². The number of hydrogen-bond acceptors (Lipinski definition) is 3. The van der Waals surface area contributed by atoms with Crippen molar-refractivity contribution in [2.45, 2.75) is 38.0 Å². The number of nitrogens with one attached hydrogen (secondary N) is 1. The van der Waals surface area contributed by atoms with Gasteiger partial charge >= 0.3 is 0 Å². The topological polar surface area (TPSA) is 55.1 Å². The zero-order chi connectivity index (χ0) is 13.8. The molecule has 1 aromatic carbocycles. The summed E-state index contributed by atoms with van der Waals surface area (Å²) in [5.74, 6) is 1.83. The summed E-state index contributed by atoms with van der Waals surface area (Å²) >= 11 is 1.79. The van der Waals surface area contributed by atoms with Crippen LogP contribution in [0.25, 0.3) is 0 Å². The molecule has 0 aromatic heterocycles. The van der Waals surface area contributed by atoms with Gasteiger partial charge in [-0.05, 0) is 49.1 Å². The predicted octanol–water partition coefficient (Wildman–Crippen LogP) is 3.76. The molecule has 0 radical (unpaired) electrons. The number of rotatable bonds is 6. The third-order valence-electron chi connectivity index (χ3n) is 3.50. The van der Waals surface area contributed by atoms with Crippen LogP contribution in [0.15, 0.2) is 23.1 Å². The number of carbonyl (C=O) groups is 1. The van der Waals surface area contributed by atoms with Gasteiger partial charge in [-0.1, -0.05) is 13.8 Å². The Morgan fingerprint density at radius 3 is 2.89 bits per heavy atom. The van der Waals surface area contributed by atoms with Crippen LogP contribution in [0.3, 0.4) is 0 Å². The summed E-state index contributed by atoms with van der Waals surface area (Å²) < 4.78 is 0. The largest absolute Gasteiger partial charge is 0.397 e. The van der Waals surface area contributed by atoms with Crippen molar-refractivity contribution in [1.29, 1.82) is 0 Å². The molecule has 4 heteroatoms. The zero-order valence-electron chi connectivity index (χ0n) is 11.6. The van der Waals surface area contributed by atoms with Crippen molar-refractivity contribution < 1.29 is 4.79 Å². The van der Waals surface area contributed by atoms with Gasteiger partial charge in [-0.15, -0.1) is 11.8 Å². The van der Waals surface area contributed by atoms with E-state index in [1.807, 2.05) is 25.1 Å². The van der Waals surface area contributed by atoms with Gasteiger partial charge in [0.25, 0.3) is 0 Å². The van der Waals surface area contributed by atoms with Crippen LogP contribution < -0.4 is 11.1 Å². The number of anilines is 2. The normalized spacial score (nSPS) is 16.1. The van der Waals surface area contributed by atoms with E-state index in [4.69, 9.17) is 5.73 Å². The van der Waals surface area contributed by atoms with Crippen molar-refractivity contribution >= 4 is 29.0 Å². The van der Waals surface area contributed by atoms with E-state index in [1.54, 1.807) is 11.8 Å². The van der Waals surface area contributed by atoms with E-state index in [0.717, 1.165) is 22.8 Å². The first-order valence-electron chi connectivity index (χ1n) is 6.95. The second kappa shape index (κ2) is 6.33. The van der Waals surface area contributed by atoms with Crippen LogP contribution in [0, 0.1) is 11.8 Å². The highest BCUT2D eigenvalue weighted by molar-refractivity contribution is 7.99. The minimum atomic E-state index is 0.0892. The standard InChI is InChI=1S/C15H22N2OS/c1-3-8-19-12-6-7-13(16)14(9-12)17-15(18)10(2)11-4-5-11/h6-7,9-11H,3-5,8,16H2,1-2H3,(H,17,18). The van der Waals surface area contributed by atoms with Crippen LogP contribution in [-0.4, -0.2) is 11.7 Å². The maximum Gasteiger partial charge on any atom is 0.227 e. The van der Waals surface area contributed by atoms with Crippen molar-refractivity contribution in [3.8, 4) is 0 Å². The maximum atomic E-state index is 12.1. The quantitative estimate of drug-likeness (QED) is 0.615. The summed E-state index contributed by atoms with van der Waals surface area (Å²) in [7, 11) is 0. The molecule has 1 unspecified atom stereocenters. The summed E-state index contributed by atoms with van der Waals surface area (Å²) in [6.07, 6.45) is 3.49. The second-order valence-corrected chi connectivity index (χ2v) is 6.38. The van der Waals surface area contributed by atoms with E-state index >= 15 is 0 Å². The third-order valence-corrected chi connectivity index (χ3v) is 4.70. The Labute approximate surface area is 119 Å². The lowest BCUT2D eigenvalue weighted by Crippen LogP contribution is -2.22.